The number of amides is 1. The monoisotopic (exact) mass is 297 g/mol. The fraction of sp³-hybridized carbons (Fsp3) is 0.462. The van der Waals surface area contributed by atoms with Crippen molar-refractivity contribution in [3.05, 3.63) is 23.3 Å². The topological polar surface area (TPSA) is 106 Å². The van der Waals surface area contributed by atoms with Crippen molar-refractivity contribution in [1.29, 1.82) is 0 Å². The first kappa shape index (κ1) is 14.8. The molecule has 0 spiro atoms. The Labute approximate surface area is 118 Å². The van der Waals surface area contributed by atoms with Crippen molar-refractivity contribution >= 4 is 27.3 Å². The van der Waals surface area contributed by atoms with E-state index in [1.807, 2.05) is 26.0 Å². The van der Waals surface area contributed by atoms with Crippen LogP contribution in [0.3, 0.4) is 0 Å². The highest BCUT2D eigenvalue weighted by molar-refractivity contribution is 7.89. The van der Waals surface area contributed by atoms with E-state index in [0.717, 1.165) is 16.8 Å². The van der Waals surface area contributed by atoms with Crippen LogP contribution < -0.4 is 15.8 Å². The molecule has 110 valence electrons. The lowest BCUT2D eigenvalue weighted by Crippen LogP contribution is -2.28. The molecule has 1 atom stereocenters. The third-order valence-electron chi connectivity index (χ3n) is 3.55. The molecule has 7 heteroatoms. The van der Waals surface area contributed by atoms with Gasteiger partial charge in [-0.05, 0) is 37.1 Å². The SMILES string of the molecule is Cc1cc(N2CC(CS(N)(=O)=O)CC2=O)c(C)cc1N. The van der Waals surface area contributed by atoms with E-state index in [1.54, 1.807) is 4.90 Å². The predicted molar refractivity (Wildman–Crippen MR) is 78.8 cm³/mol. The van der Waals surface area contributed by atoms with Crippen LogP contribution in [0.5, 0.6) is 0 Å². The minimum Gasteiger partial charge on any atom is -0.399 e. The molecule has 1 saturated heterocycles. The number of primary sulfonamides is 1. The first-order valence-electron chi connectivity index (χ1n) is 6.35. The molecule has 20 heavy (non-hydrogen) atoms. The highest BCUT2D eigenvalue weighted by Gasteiger charge is 2.33. The molecule has 2 rings (SSSR count). The number of aryl methyl sites for hydroxylation is 2. The average molecular weight is 297 g/mol. The third-order valence-corrected chi connectivity index (χ3v) is 4.48. The van der Waals surface area contributed by atoms with E-state index in [-0.39, 0.29) is 24.0 Å². The fourth-order valence-electron chi connectivity index (χ4n) is 2.57. The Hall–Kier alpha value is -1.60. The second-order valence-corrected chi connectivity index (χ2v) is 7.06. The molecule has 0 aliphatic carbocycles. The van der Waals surface area contributed by atoms with Crippen LogP contribution in [-0.4, -0.2) is 26.6 Å². The molecular weight excluding hydrogens is 278 g/mol. The molecule has 1 fully saturated rings. The molecule has 1 aromatic carbocycles. The van der Waals surface area contributed by atoms with Crippen LogP contribution >= 0.6 is 0 Å². The summed E-state index contributed by atoms with van der Waals surface area (Å²) >= 11 is 0. The van der Waals surface area contributed by atoms with Gasteiger partial charge in [0.2, 0.25) is 15.9 Å². The molecule has 1 heterocycles. The molecular formula is C13H19N3O3S. The minimum atomic E-state index is -3.56. The minimum absolute atomic E-state index is 0.0779. The van der Waals surface area contributed by atoms with Gasteiger partial charge in [-0.1, -0.05) is 0 Å². The van der Waals surface area contributed by atoms with E-state index < -0.39 is 10.0 Å². The molecule has 0 bridgehead atoms. The molecule has 1 amide bonds. The number of carbonyl (C=O) groups excluding carboxylic acids is 1. The number of nitrogens with two attached hydrogens (primary N) is 2. The fourth-order valence-corrected chi connectivity index (χ4v) is 3.45. The summed E-state index contributed by atoms with van der Waals surface area (Å²) in [6.45, 7) is 4.13. The maximum absolute atomic E-state index is 12.1. The van der Waals surface area contributed by atoms with E-state index in [0.29, 0.717) is 12.2 Å². The van der Waals surface area contributed by atoms with Gasteiger partial charge in [0.1, 0.15) is 0 Å². The van der Waals surface area contributed by atoms with E-state index in [1.165, 1.54) is 0 Å². The van der Waals surface area contributed by atoms with Crippen LogP contribution in [0.25, 0.3) is 0 Å². The van der Waals surface area contributed by atoms with E-state index in [9.17, 15) is 13.2 Å². The molecule has 1 unspecified atom stereocenters. The number of benzene rings is 1. The number of nitrogen functional groups attached to an aromatic ring is 1. The summed E-state index contributed by atoms with van der Waals surface area (Å²) in [5.41, 5.74) is 9.10. The van der Waals surface area contributed by atoms with E-state index in [2.05, 4.69) is 0 Å². The predicted octanol–water partition coefficient (Wildman–Crippen LogP) is 0.527. The number of hydrogen-bond donors (Lipinski definition) is 2. The Kier molecular flexibility index (Phi) is 3.75. The summed E-state index contributed by atoms with van der Waals surface area (Å²) in [6.07, 6.45) is 0.208. The zero-order valence-electron chi connectivity index (χ0n) is 11.6. The van der Waals surface area contributed by atoms with E-state index >= 15 is 0 Å². The highest BCUT2D eigenvalue weighted by atomic mass is 32.2. The average Bonchev–Trinajstić information content (AvgIpc) is 2.62. The van der Waals surface area contributed by atoms with Gasteiger partial charge in [0.05, 0.1) is 5.75 Å². The third kappa shape index (κ3) is 3.10. The number of nitrogens with zero attached hydrogens (tertiary/aromatic N) is 1. The van der Waals surface area contributed by atoms with Crippen molar-refractivity contribution in [3.8, 4) is 0 Å². The quantitative estimate of drug-likeness (QED) is 0.793. The molecule has 0 saturated carbocycles. The summed E-state index contributed by atoms with van der Waals surface area (Å²) in [5.74, 6) is -0.497. The summed E-state index contributed by atoms with van der Waals surface area (Å²) in [4.78, 5) is 13.7. The molecule has 0 radical (unpaired) electrons. The number of anilines is 2. The number of rotatable bonds is 3. The van der Waals surface area contributed by atoms with Crippen molar-refractivity contribution in [2.75, 3.05) is 22.9 Å². The van der Waals surface area contributed by atoms with Crippen molar-refractivity contribution in [1.82, 2.24) is 0 Å². The highest BCUT2D eigenvalue weighted by Crippen LogP contribution is 2.31. The van der Waals surface area contributed by atoms with Crippen molar-refractivity contribution < 1.29 is 13.2 Å². The normalized spacial score (nSPS) is 19.6. The lowest BCUT2D eigenvalue weighted by Gasteiger charge is -2.20. The van der Waals surface area contributed by atoms with E-state index in [4.69, 9.17) is 10.9 Å². The van der Waals surface area contributed by atoms with Gasteiger partial charge in [0.25, 0.3) is 0 Å². The van der Waals surface area contributed by atoms with Gasteiger partial charge in [-0.25, -0.2) is 13.6 Å². The second-order valence-electron chi connectivity index (χ2n) is 5.40. The number of sulfonamides is 1. The Morgan fingerprint density at radius 2 is 1.95 bits per heavy atom. The zero-order valence-corrected chi connectivity index (χ0v) is 12.4. The van der Waals surface area contributed by atoms with Gasteiger partial charge in [-0.15, -0.1) is 0 Å². The van der Waals surface area contributed by atoms with Crippen LogP contribution in [0.2, 0.25) is 0 Å². The molecule has 1 aromatic rings. The molecule has 1 aliphatic heterocycles. The molecule has 6 nitrogen and oxygen atoms in total. The lowest BCUT2D eigenvalue weighted by atomic mass is 10.1. The van der Waals surface area contributed by atoms with Gasteiger partial charge in [0, 0.05) is 30.3 Å². The van der Waals surface area contributed by atoms with Gasteiger partial charge in [-0.3, -0.25) is 4.79 Å². The molecule has 0 aromatic heterocycles. The Morgan fingerprint density at radius 1 is 1.30 bits per heavy atom. The Bertz CT molecular complexity index is 655. The lowest BCUT2D eigenvalue weighted by molar-refractivity contribution is -0.117. The number of carbonyl (C=O) groups is 1. The van der Waals surface area contributed by atoms with Gasteiger partial charge >= 0.3 is 0 Å². The van der Waals surface area contributed by atoms with Crippen LogP contribution in [-0.2, 0) is 14.8 Å². The first-order valence-corrected chi connectivity index (χ1v) is 8.06. The maximum atomic E-state index is 12.1. The first-order chi connectivity index (χ1) is 9.17. The summed E-state index contributed by atoms with van der Waals surface area (Å²) in [5, 5.41) is 5.04. The van der Waals surface area contributed by atoms with Gasteiger partial charge < -0.3 is 10.6 Å². The summed E-state index contributed by atoms with van der Waals surface area (Å²) < 4.78 is 22.3. The largest absolute Gasteiger partial charge is 0.399 e. The Balaban J connectivity index is 2.26. The summed E-state index contributed by atoms with van der Waals surface area (Å²) in [7, 11) is -3.56. The second kappa shape index (κ2) is 5.06. The smallest absolute Gasteiger partial charge is 0.227 e. The van der Waals surface area contributed by atoms with Crippen LogP contribution in [0.15, 0.2) is 12.1 Å². The van der Waals surface area contributed by atoms with Crippen LogP contribution in [0, 0.1) is 19.8 Å². The standard InChI is InChI=1S/C13H19N3O3S/c1-8-4-12(9(2)3-11(8)14)16-6-10(5-13(16)17)7-20(15,18)19/h3-4,10H,5-7,14H2,1-2H3,(H2,15,18,19). The summed E-state index contributed by atoms with van der Waals surface area (Å²) in [6, 6.07) is 3.69. The van der Waals surface area contributed by atoms with Crippen LogP contribution in [0.4, 0.5) is 11.4 Å². The van der Waals surface area contributed by atoms with Crippen molar-refractivity contribution in [3.63, 3.8) is 0 Å². The van der Waals surface area contributed by atoms with Gasteiger partial charge in [-0.2, -0.15) is 0 Å². The van der Waals surface area contributed by atoms with Crippen molar-refractivity contribution in [2.24, 2.45) is 11.1 Å². The van der Waals surface area contributed by atoms with Crippen molar-refractivity contribution in [2.45, 2.75) is 20.3 Å². The van der Waals surface area contributed by atoms with Crippen LogP contribution in [0.1, 0.15) is 17.5 Å². The Morgan fingerprint density at radius 3 is 2.55 bits per heavy atom. The zero-order chi connectivity index (χ0) is 15.1. The molecule has 4 N–H and O–H groups in total. The number of hydrogen-bond acceptors (Lipinski definition) is 4. The maximum Gasteiger partial charge on any atom is 0.227 e. The molecule has 1 aliphatic rings. The van der Waals surface area contributed by atoms with Gasteiger partial charge in [0.15, 0.2) is 0 Å².